The Hall–Kier alpha value is -0.956. The molecule has 22 heteroatoms. The summed E-state index contributed by atoms with van der Waals surface area (Å²) >= 11 is 0. The molecule has 0 amide bonds. The molecule has 1 aliphatic carbocycles. The van der Waals surface area contributed by atoms with Crippen LogP contribution >= 0.6 is 7.60 Å². The molecule has 0 bridgehead atoms. The summed E-state index contributed by atoms with van der Waals surface area (Å²) < 4.78 is 95.5. The highest BCUT2D eigenvalue weighted by Gasteiger charge is 2.56. The van der Waals surface area contributed by atoms with E-state index >= 15 is 4.79 Å². The molecule has 464 valence electrons. The van der Waals surface area contributed by atoms with Crippen molar-refractivity contribution in [3.8, 4) is 0 Å². The number of nitrogens with zero attached hydrogens (tertiary/aromatic N) is 2. The van der Waals surface area contributed by atoms with E-state index in [1.165, 1.54) is 6.92 Å². The molecule has 3 saturated heterocycles. The van der Waals surface area contributed by atoms with Crippen LogP contribution < -0.4 is 0 Å². The molecule has 3 heterocycles. The molecule has 79 heavy (non-hydrogen) atoms. The molecule has 2 N–H and O–H groups in total. The monoisotopic (exact) mass is 1180 g/mol. The first kappa shape index (κ1) is 70.5. The topological polar surface area (TPSA) is 210 Å². The molecular formula is C57H111N2O17PSi2. The van der Waals surface area contributed by atoms with E-state index in [9.17, 15) is 14.8 Å². The van der Waals surface area contributed by atoms with Crippen molar-refractivity contribution >= 4 is 35.9 Å². The molecule has 18 atom stereocenters. The highest BCUT2D eigenvalue weighted by Crippen LogP contribution is 2.51. The number of esters is 1. The van der Waals surface area contributed by atoms with Gasteiger partial charge >= 0.3 is 13.6 Å². The number of ether oxygens (including phenoxy) is 8. The van der Waals surface area contributed by atoms with Crippen molar-refractivity contribution in [1.29, 1.82) is 0 Å². The predicted molar refractivity (Wildman–Crippen MR) is 311 cm³/mol. The maximum Gasteiger partial charge on any atom is 0.356 e. The number of cyclic esters (lactones) is 1. The molecule has 0 radical (unpaired) electrons. The minimum absolute atomic E-state index is 0.0792. The van der Waals surface area contributed by atoms with Gasteiger partial charge in [0.25, 0.3) is 0 Å². The second kappa shape index (κ2) is 29.0. The lowest BCUT2D eigenvalue weighted by Gasteiger charge is -2.52. The molecule has 19 nitrogen and oxygen atoms in total. The maximum absolute atomic E-state index is 15.2. The molecule has 4 aliphatic rings. The fourth-order valence-electron chi connectivity index (χ4n) is 12.4. The summed E-state index contributed by atoms with van der Waals surface area (Å²) in [5, 5.41) is 30.2. The van der Waals surface area contributed by atoms with Crippen LogP contribution in [0.5, 0.6) is 0 Å². The van der Waals surface area contributed by atoms with E-state index in [-0.39, 0.29) is 50.7 Å². The molecule has 4 fully saturated rings. The Labute approximate surface area is 478 Å². The number of carbonyl (C=O) groups excluding carboxylic acids is 1. The minimum atomic E-state index is -3.94. The van der Waals surface area contributed by atoms with Gasteiger partial charge in [0.2, 0.25) is 5.79 Å². The van der Waals surface area contributed by atoms with Crippen LogP contribution in [-0.4, -0.2) is 180 Å². The predicted octanol–water partition coefficient (Wildman–Crippen LogP) is 10.6. The van der Waals surface area contributed by atoms with E-state index in [0.29, 0.717) is 25.0 Å². The van der Waals surface area contributed by atoms with Crippen LogP contribution in [0.1, 0.15) is 155 Å². The summed E-state index contributed by atoms with van der Waals surface area (Å²) in [6, 6.07) is -0.134. The summed E-state index contributed by atoms with van der Waals surface area (Å²) in [7, 11) is -2.69. The van der Waals surface area contributed by atoms with Crippen LogP contribution in [0.15, 0.2) is 5.16 Å². The van der Waals surface area contributed by atoms with Gasteiger partial charge in [0, 0.05) is 50.2 Å². The zero-order chi connectivity index (χ0) is 59.9. The quantitative estimate of drug-likeness (QED) is 0.0339. The van der Waals surface area contributed by atoms with Crippen molar-refractivity contribution in [2.75, 3.05) is 40.8 Å². The molecule has 4 rings (SSSR count). The SMILES string of the molecule is CCOP(=O)(CO[C@@]1(C)C[C@@H](C)/C(=N\OC2(OC(C)C)CCCCC2)[C@H](C)[C@@H](O)[C@](C)(O)[C@@H](CC)OC(=O)[C@H](C)[C@@H](O[C@H]2C[C@@](C)(OC)[C@@H](O[Si](C)(C)C)[C@H](C)O2)[C@H](C)[C@H]1O[C@@H]1O[C@H](C)C[C@H](N(C)C)[C@H]1O[Si](C)(C)C)OCC. The fourth-order valence-corrected chi connectivity index (χ4v) is 16.2. The lowest BCUT2D eigenvalue weighted by atomic mass is 9.73. The highest BCUT2D eigenvalue weighted by molar-refractivity contribution is 7.53. The van der Waals surface area contributed by atoms with Crippen molar-refractivity contribution in [3.63, 3.8) is 0 Å². The van der Waals surface area contributed by atoms with Gasteiger partial charge in [-0.3, -0.25) is 9.36 Å². The number of aliphatic hydroxyl groups excluding tert-OH is 1. The van der Waals surface area contributed by atoms with Gasteiger partial charge in [-0.1, -0.05) is 39.3 Å². The van der Waals surface area contributed by atoms with Crippen molar-refractivity contribution < 1.29 is 80.2 Å². The Morgan fingerprint density at radius 1 is 0.810 bits per heavy atom. The summed E-state index contributed by atoms with van der Waals surface area (Å²) in [5.74, 6) is -5.16. The third kappa shape index (κ3) is 18.8. The number of rotatable bonds is 22. The third-order valence-electron chi connectivity index (χ3n) is 16.3. The Kier molecular flexibility index (Phi) is 25.9. The second-order valence-electron chi connectivity index (χ2n) is 26.4. The zero-order valence-corrected chi connectivity index (χ0v) is 56.0. The van der Waals surface area contributed by atoms with E-state index in [1.54, 1.807) is 41.7 Å². The van der Waals surface area contributed by atoms with Gasteiger partial charge in [-0.2, -0.15) is 0 Å². The van der Waals surface area contributed by atoms with E-state index in [1.807, 2.05) is 69.5 Å². The molecule has 0 aromatic carbocycles. The average molecular weight is 1180 g/mol. The number of aliphatic hydroxyl groups is 2. The van der Waals surface area contributed by atoms with Crippen LogP contribution in [0, 0.1) is 23.7 Å². The molecule has 1 saturated carbocycles. The van der Waals surface area contributed by atoms with Crippen LogP contribution in [0.3, 0.4) is 0 Å². The first-order chi connectivity index (χ1) is 36.4. The van der Waals surface area contributed by atoms with Crippen molar-refractivity contribution in [2.24, 2.45) is 28.8 Å². The van der Waals surface area contributed by atoms with Gasteiger partial charge < -0.3 is 75.7 Å². The second-order valence-corrected chi connectivity index (χ2v) is 37.3. The lowest BCUT2D eigenvalue weighted by molar-refractivity contribution is -0.317. The van der Waals surface area contributed by atoms with Crippen LogP contribution in [0.4, 0.5) is 0 Å². The number of carbonyl (C=O) groups is 1. The fraction of sp³-hybridized carbons (Fsp3) is 0.965. The van der Waals surface area contributed by atoms with Gasteiger partial charge in [0.1, 0.15) is 24.2 Å². The molecule has 3 aliphatic heterocycles. The summed E-state index contributed by atoms with van der Waals surface area (Å²) in [6.07, 6.45) is -4.22. The lowest BCUT2D eigenvalue weighted by Crippen LogP contribution is -2.63. The smallest absolute Gasteiger partial charge is 0.356 e. The van der Waals surface area contributed by atoms with Gasteiger partial charge in [-0.15, -0.1) is 0 Å². The van der Waals surface area contributed by atoms with Gasteiger partial charge in [0.15, 0.2) is 29.2 Å². The Morgan fingerprint density at radius 2 is 1.41 bits per heavy atom. The Bertz CT molecular complexity index is 1960. The first-order valence-corrected chi connectivity index (χ1v) is 38.2. The van der Waals surface area contributed by atoms with E-state index in [4.69, 9.17) is 65.8 Å². The Morgan fingerprint density at radius 3 is 1.92 bits per heavy atom. The molecular weight excluding hydrogens is 1070 g/mol. The third-order valence-corrected chi connectivity index (χ3v) is 20.0. The molecule has 0 spiro atoms. The van der Waals surface area contributed by atoms with Crippen molar-refractivity contribution in [3.05, 3.63) is 0 Å². The van der Waals surface area contributed by atoms with Gasteiger partial charge in [0.05, 0.1) is 78.8 Å². The first-order valence-electron chi connectivity index (χ1n) is 29.7. The van der Waals surface area contributed by atoms with Crippen LogP contribution in [-0.2, 0) is 70.0 Å². The van der Waals surface area contributed by atoms with Gasteiger partial charge in [-0.25, -0.2) is 0 Å². The number of hydrogen-bond donors (Lipinski definition) is 2. The normalized spacial score (nSPS) is 39.4. The number of hydrogen-bond acceptors (Lipinski definition) is 19. The number of oxime groups is 1. The van der Waals surface area contributed by atoms with Crippen LogP contribution in [0.2, 0.25) is 39.3 Å². The largest absolute Gasteiger partial charge is 0.459 e. The van der Waals surface area contributed by atoms with Crippen molar-refractivity contribution in [2.45, 2.75) is 290 Å². The summed E-state index contributed by atoms with van der Waals surface area (Å²) in [6.45, 7) is 38.9. The summed E-state index contributed by atoms with van der Waals surface area (Å²) in [5.41, 5.74) is -4.02. The van der Waals surface area contributed by atoms with Crippen LogP contribution in [0.25, 0.3) is 0 Å². The molecule has 0 aromatic rings. The molecule has 0 aromatic heterocycles. The van der Waals surface area contributed by atoms with Gasteiger partial charge in [-0.05, 0) is 155 Å². The Balaban J connectivity index is 2.13. The highest BCUT2D eigenvalue weighted by atomic mass is 31.2. The molecule has 0 unspecified atom stereocenters. The maximum atomic E-state index is 15.2. The van der Waals surface area contributed by atoms with E-state index in [0.717, 1.165) is 19.3 Å². The zero-order valence-electron chi connectivity index (χ0n) is 53.1. The van der Waals surface area contributed by atoms with E-state index < -0.39 is 138 Å². The van der Waals surface area contributed by atoms with E-state index in [2.05, 4.69) is 44.2 Å². The number of likely N-dealkylation sites (N-methyl/N-ethyl adjacent to an activating group) is 1. The number of methoxy groups -OCH3 is 1. The van der Waals surface area contributed by atoms with Crippen molar-refractivity contribution in [1.82, 2.24) is 4.90 Å². The standard InChI is InChI=1S/C57H111N2O17PSi2/c1-24-44-56(14,62)49(60)39(8)46(58-76-57(73-36(4)5)30-28-27-29-31-57)37(6)33-55(13,65-35-77(63,66-25-2)67-26-3)50(72-53-48(74-78(18,19)20)43(59(15)16)32-38(7)68-53)40(9)47(41(10)52(61)70-44)71-45-34-54(12,64-17)51(42(11)69-45)75-79(21,22)23/h36-45,47-51,53,60,62H,24-35H2,1-23H3/b58-46+/t37-,38-,39+,40+,41-,42+,43+,44-,45+,47+,48-,49-,50-,51+,53+,54-,55+,56-/m1/s1. The average Bonchev–Trinajstić information content (AvgIpc) is 3.36. The minimum Gasteiger partial charge on any atom is -0.459 e. The summed E-state index contributed by atoms with van der Waals surface area (Å²) in [4.78, 5) is 24.0.